The van der Waals surface area contributed by atoms with Crippen molar-refractivity contribution in [2.75, 3.05) is 18.1 Å². The smallest absolute Gasteiger partial charge is 0.245 e. The Kier molecular flexibility index (Phi) is 5.35. The Morgan fingerprint density at radius 2 is 1.95 bits per heavy atom. The molecule has 2 atom stereocenters. The minimum atomic E-state index is -0.324. The highest BCUT2D eigenvalue weighted by Crippen LogP contribution is 2.27. The summed E-state index contributed by atoms with van der Waals surface area (Å²) in [6.45, 7) is 6.75. The molecule has 2 amide bonds. The van der Waals surface area contributed by atoms with E-state index < -0.39 is 0 Å². The van der Waals surface area contributed by atoms with Gasteiger partial charge in [-0.15, -0.1) is 0 Å². The van der Waals surface area contributed by atoms with Crippen molar-refractivity contribution in [1.82, 2.24) is 10.2 Å². The number of carbonyl (C=O) groups is 2. The predicted octanol–water partition coefficient (Wildman–Crippen LogP) is 1.89. The van der Waals surface area contributed by atoms with Crippen molar-refractivity contribution >= 4 is 23.6 Å². The molecule has 4 nitrogen and oxygen atoms in total. The van der Waals surface area contributed by atoms with E-state index in [2.05, 4.69) is 5.32 Å². The molecule has 2 fully saturated rings. The monoisotopic (exact) mass is 298 g/mol. The molecular formula is C15H26N2O2S. The SMILES string of the molecule is CCC1NC(=O)C(C(C)C)N(CC2CCSCC2)C1=O. The van der Waals surface area contributed by atoms with Gasteiger partial charge in [0.05, 0.1) is 0 Å². The van der Waals surface area contributed by atoms with E-state index in [0.29, 0.717) is 12.3 Å². The first-order valence-electron chi connectivity index (χ1n) is 7.73. The number of amides is 2. The lowest BCUT2D eigenvalue weighted by molar-refractivity contribution is -0.152. The lowest BCUT2D eigenvalue weighted by atomic mass is 9.93. The maximum Gasteiger partial charge on any atom is 0.245 e. The van der Waals surface area contributed by atoms with Crippen molar-refractivity contribution in [3.63, 3.8) is 0 Å². The summed E-state index contributed by atoms with van der Waals surface area (Å²) in [6.07, 6.45) is 3.00. The lowest BCUT2D eigenvalue weighted by Crippen LogP contribution is -2.65. The Morgan fingerprint density at radius 1 is 1.30 bits per heavy atom. The number of hydrogen-bond donors (Lipinski definition) is 1. The highest BCUT2D eigenvalue weighted by molar-refractivity contribution is 7.99. The fourth-order valence-electron chi connectivity index (χ4n) is 3.15. The van der Waals surface area contributed by atoms with E-state index in [4.69, 9.17) is 0 Å². The number of rotatable bonds is 4. The minimum Gasteiger partial charge on any atom is -0.343 e. The van der Waals surface area contributed by atoms with Crippen LogP contribution in [0.3, 0.4) is 0 Å². The summed E-state index contributed by atoms with van der Waals surface area (Å²) in [5.74, 6) is 3.23. The fourth-order valence-corrected chi connectivity index (χ4v) is 4.35. The van der Waals surface area contributed by atoms with Crippen LogP contribution in [0.2, 0.25) is 0 Å². The van der Waals surface area contributed by atoms with Crippen molar-refractivity contribution in [3.05, 3.63) is 0 Å². The molecule has 114 valence electrons. The third kappa shape index (κ3) is 3.30. The molecule has 0 radical (unpaired) electrons. The summed E-state index contributed by atoms with van der Waals surface area (Å²) < 4.78 is 0. The molecule has 2 aliphatic heterocycles. The predicted molar refractivity (Wildman–Crippen MR) is 82.6 cm³/mol. The van der Waals surface area contributed by atoms with Crippen molar-refractivity contribution in [2.45, 2.75) is 52.1 Å². The zero-order valence-corrected chi connectivity index (χ0v) is 13.5. The highest BCUT2D eigenvalue weighted by atomic mass is 32.2. The molecule has 2 saturated heterocycles. The molecule has 1 N–H and O–H groups in total. The number of carbonyl (C=O) groups excluding carboxylic acids is 2. The van der Waals surface area contributed by atoms with E-state index >= 15 is 0 Å². The van der Waals surface area contributed by atoms with E-state index in [1.54, 1.807) is 0 Å². The Hall–Kier alpha value is -0.710. The first kappa shape index (κ1) is 15.7. The molecule has 5 heteroatoms. The van der Waals surface area contributed by atoms with Gasteiger partial charge in [-0.2, -0.15) is 11.8 Å². The van der Waals surface area contributed by atoms with Crippen LogP contribution in [0.5, 0.6) is 0 Å². The topological polar surface area (TPSA) is 49.4 Å². The Morgan fingerprint density at radius 3 is 2.50 bits per heavy atom. The van der Waals surface area contributed by atoms with E-state index in [1.807, 2.05) is 37.4 Å². The molecule has 0 saturated carbocycles. The van der Waals surface area contributed by atoms with E-state index in [-0.39, 0.29) is 29.8 Å². The molecule has 0 bridgehead atoms. The van der Waals surface area contributed by atoms with Crippen LogP contribution in [0.25, 0.3) is 0 Å². The number of hydrogen-bond acceptors (Lipinski definition) is 3. The van der Waals surface area contributed by atoms with Gasteiger partial charge in [-0.3, -0.25) is 9.59 Å². The Bertz CT molecular complexity index is 367. The van der Waals surface area contributed by atoms with Crippen molar-refractivity contribution in [3.8, 4) is 0 Å². The minimum absolute atomic E-state index is 0.0247. The van der Waals surface area contributed by atoms with Crippen LogP contribution in [-0.4, -0.2) is 46.8 Å². The second-order valence-electron chi connectivity index (χ2n) is 6.20. The summed E-state index contributed by atoms with van der Waals surface area (Å²) in [7, 11) is 0. The zero-order valence-electron chi connectivity index (χ0n) is 12.7. The van der Waals surface area contributed by atoms with Gasteiger partial charge in [-0.05, 0) is 42.6 Å². The van der Waals surface area contributed by atoms with Gasteiger partial charge < -0.3 is 10.2 Å². The van der Waals surface area contributed by atoms with Gasteiger partial charge in [0.2, 0.25) is 11.8 Å². The molecular weight excluding hydrogens is 272 g/mol. The average Bonchev–Trinajstić information content (AvgIpc) is 2.43. The van der Waals surface area contributed by atoms with Gasteiger partial charge in [0, 0.05) is 6.54 Å². The third-order valence-corrected chi connectivity index (χ3v) is 5.39. The molecule has 2 aliphatic rings. The van der Waals surface area contributed by atoms with Crippen molar-refractivity contribution < 1.29 is 9.59 Å². The standard InChI is InChI=1S/C15H26N2O2S/c1-4-12-15(19)17(9-11-5-7-20-8-6-11)13(10(2)3)14(18)16-12/h10-13H,4-9H2,1-3H3,(H,16,18). The van der Waals surface area contributed by atoms with Gasteiger partial charge >= 0.3 is 0 Å². The van der Waals surface area contributed by atoms with Crippen LogP contribution in [0.15, 0.2) is 0 Å². The summed E-state index contributed by atoms with van der Waals surface area (Å²) in [5, 5.41) is 2.88. The van der Waals surface area contributed by atoms with Crippen LogP contribution in [0.4, 0.5) is 0 Å². The molecule has 2 unspecified atom stereocenters. The average molecular weight is 298 g/mol. The summed E-state index contributed by atoms with van der Waals surface area (Å²) >= 11 is 1.99. The molecule has 0 aromatic rings. The summed E-state index contributed by atoms with van der Waals surface area (Å²) in [5.41, 5.74) is 0. The summed E-state index contributed by atoms with van der Waals surface area (Å²) in [4.78, 5) is 26.8. The van der Waals surface area contributed by atoms with Crippen LogP contribution in [0, 0.1) is 11.8 Å². The maximum atomic E-state index is 12.6. The lowest BCUT2D eigenvalue weighted by Gasteiger charge is -2.42. The number of nitrogens with zero attached hydrogens (tertiary/aromatic N) is 1. The molecule has 0 aromatic carbocycles. The van der Waals surface area contributed by atoms with Crippen molar-refractivity contribution in [2.24, 2.45) is 11.8 Å². The largest absolute Gasteiger partial charge is 0.343 e. The second kappa shape index (κ2) is 6.83. The van der Waals surface area contributed by atoms with Gasteiger partial charge in [0.25, 0.3) is 0 Å². The third-order valence-electron chi connectivity index (χ3n) is 4.34. The van der Waals surface area contributed by atoms with Crippen LogP contribution in [0.1, 0.15) is 40.0 Å². The highest BCUT2D eigenvalue weighted by Gasteiger charge is 2.41. The van der Waals surface area contributed by atoms with E-state index in [9.17, 15) is 9.59 Å². The normalized spacial score (nSPS) is 28.9. The molecule has 2 rings (SSSR count). The zero-order chi connectivity index (χ0) is 14.7. The van der Waals surface area contributed by atoms with Crippen molar-refractivity contribution in [1.29, 1.82) is 0 Å². The number of nitrogens with one attached hydrogen (secondary N) is 1. The van der Waals surface area contributed by atoms with Crippen LogP contribution in [-0.2, 0) is 9.59 Å². The van der Waals surface area contributed by atoms with Gasteiger partial charge in [-0.1, -0.05) is 20.8 Å². The Labute approximate surface area is 126 Å². The molecule has 0 aromatic heterocycles. The van der Waals surface area contributed by atoms with Gasteiger partial charge in [-0.25, -0.2) is 0 Å². The first-order valence-corrected chi connectivity index (χ1v) is 8.88. The number of piperazine rings is 1. The van der Waals surface area contributed by atoms with Gasteiger partial charge in [0.1, 0.15) is 12.1 Å². The first-order chi connectivity index (χ1) is 9.54. The molecule has 20 heavy (non-hydrogen) atoms. The number of thioether (sulfide) groups is 1. The maximum absolute atomic E-state index is 12.6. The quantitative estimate of drug-likeness (QED) is 0.862. The van der Waals surface area contributed by atoms with Crippen LogP contribution >= 0.6 is 11.8 Å². The van der Waals surface area contributed by atoms with Crippen LogP contribution < -0.4 is 5.32 Å². The van der Waals surface area contributed by atoms with E-state index in [1.165, 1.54) is 11.5 Å². The molecule has 0 spiro atoms. The summed E-state index contributed by atoms with van der Waals surface area (Å²) in [6, 6.07) is -0.615. The Balaban J connectivity index is 2.13. The fraction of sp³-hybridized carbons (Fsp3) is 0.867. The molecule has 0 aliphatic carbocycles. The second-order valence-corrected chi connectivity index (χ2v) is 7.43. The van der Waals surface area contributed by atoms with Gasteiger partial charge in [0.15, 0.2) is 0 Å². The molecule has 2 heterocycles. The van der Waals surface area contributed by atoms with E-state index in [0.717, 1.165) is 19.4 Å².